The van der Waals surface area contributed by atoms with Crippen molar-refractivity contribution in [1.29, 1.82) is 0 Å². The third-order valence-electron chi connectivity index (χ3n) is 5.27. The maximum Gasteiger partial charge on any atom is 0.310 e. The number of nitro benzene ring substituents is 1. The van der Waals surface area contributed by atoms with E-state index in [1.165, 1.54) is 6.07 Å². The number of H-pyrrole nitrogens is 1. The van der Waals surface area contributed by atoms with Gasteiger partial charge >= 0.3 is 5.69 Å². The Morgan fingerprint density at radius 2 is 1.82 bits per heavy atom. The fourth-order valence-electron chi connectivity index (χ4n) is 4.37. The third-order valence-corrected chi connectivity index (χ3v) is 5.27. The number of carbonyl (C=O) groups is 1. The van der Waals surface area contributed by atoms with Crippen molar-refractivity contribution in [3.63, 3.8) is 0 Å². The SMILES string of the molecule is CC(C)(C)CC(C)(C)Nc1c(C(C)(C)C)nc2c(C(=O)Nc3ccc([N+](=O)[O-])c(O)c3)c[nH]n12. The van der Waals surface area contributed by atoms with Gasteiger partial charge in [-0.1, -0.05) is 41.5 Å². The van der Waals surface area contributed by atoms with Crippen LogP contribution in [0.15, 0.2) is 24.4 Å². The lowest BCUT2D eigenvalue weighted by atomic mass is 9.81. The summed E-state index contributed by atoms with van der Waals surface area (Å²) in [6.07, 6.45) is 2.48. The smallest absolute Gasteiger partial charge is 0.310 e. The minimum atomic E-state index is -0.690. The van der Waals surface area contributed by atoms with Crippen LogP contribution in [-0.2, 0) is 5.41 Å². The molecule has 0 aliphatic heterocycles. The Labute approximate surface area is 198 Å². The van der Waals surface area contributed by atoms with Crippen molar-refractivity contribution in [3.8, 4) is 5.75 Å². The zero-order valence-corrected chi connectivity index (χ0v) is 21.0. The highest BCUT2D eigenvalue weighted by atomic mass is 16.6. The maximum absolute atomic E-state index is 13.0. The van der Waals surface area contributed by atoms with Crippen molar-refractivity contribution >= 4 is 28.7 Å². The Kier molecular flexibility index (Phi) is 6.15. The molecule has 34 heavy (non-hydrogen) atoms. The van der Waals surface area contributed by atoms with Crippen LogP contribution in [-0.4, -0.2) is 36.1 Å². The summed E-state index contributed by atoms with van der Waals surface area (Å²) in [5.74, 6) is -0.181. The number of phenols is 1. The molecule has 10 heteroatoms. The molecule has 184 valence electrons. The van der Waals surface area contributed by atoms with E-state index in [0.717, 1.165) is 30.1 Å². The first-order valence-corrected chi connectivity index (χ1v) is 11.2. The summed E-state index contributed by atoms with van der Waals surface area (Å²) in [6, 6.07) is 3.66. The van der Waals surface area contributed by atoms with E-state index in [-0.39, 0.29) is 22.1 Å². The summed E-state index contributed by atoms with van der Waals surface area (Å²) in [7, 11) is 0. The quantitative estimate of drug-likeness (QED) is 0.279. The van der Waals surface area contributed by atoms with E-state index in [9.17, 15) is 20.0 Å². The second-order valence-corrected chi connectivity index (χ2v) is 11.6. The molecule has 2 heterocycles. The molecular formula is C24H34N6O4. The number of fused-ring (bicyclic) bond motifs is 1. The number of hydrogen-bond acceptors (Lipinski definition) is 6. The van der Waals surface area contributed by atoms with Gasteiger partial charge in [0.05, 0.1) is 10.6 Å². The van der Waals surface area contributed by atoms with E-state index in [4.69, 9.17) is 4.98 Å². The fraction of sp³-hybridized carbons (Fsp3) is 0.500. The molecule has 3 aromatic rings. The largest absolute Gasteiger partial charge is 0.502 e. The molecule has 1 amide bonds. The minimum Gasteiger partial charge on any atom is -0.502 e. The molecular weight excluding hydrogens is 436 g/mol. The van der Waals surface area contributed by atoms with Gasteiger partial charge in [0.2, 0.25) is 0 Å². The van der Waals surface area contributed by atoms with Crippen LogP contribution < -0.4 is 10.6 Å². The molecule has 0 fully saturated rings. The van der Waals surface area contributed by atoms with E-state index in [2.05, 4.69) is 71.1 Å². The Bertz CT molecular complexity index is 1240. The lowest BCUT2D eigenvalue weighted by Crippen LogP contribution is -2.36. The minimum absolute atomic E-state index is 0.110. The molecule has 2 aromatic heterocycles. The van der Waals surface area contributed by atoms with Crippen LogP contribution in [0, 0.1) is 15.5 Å². The van der Waals surface area contributed by atoms with E-state index in [1.807, 2.05) is 0 Å². The first kappa shape index (κ1) is 25.1. The summed E-state index contributed by atoms with van der Waals surface area (Å²) in [6.45, 7) is 17.1. The predicted molar refractivity (Wildman–Crippen MR) is 133 cm³/mol. The summed E-state index contributed by atoms with van der Waals surface area (Å²) in [4.78, 5) is 28.1. The number of hydrogen-bond donors (Lipinski definition) is 4. The topological polar surface area (TPSA) is 138 Å². The molecule has 0 aliphatic rings. The Balaban J connectivity index is 1.99. The molecule has 0 spiro atoms. The monoisotopic (exact) mass is 470 g/mol. The Morgan fingerprint density at radius 1 is 1.18 bits per heavy atom. The molecule has 0 aliphatic carbocycles. The van der Waals surface area contributed by atoms with Gasteiger partial charge in [-0.15, -0.1) is 0 Å². The zero-order chi connectivity index (χ0) is 25.6. The number of aromatic hydroxyl groups is 1. The van der Waals surface area contributed by atoms with Gasteiger partial charge < -0.3 is 15.7 Å². The number of nitrogens with one attached hydrogen (secondary N) is 3. The highest BCUT2D eigenvalue weighted by Gasteiger charge is 2.32. The predicted octanol–water partition coefficient (Wildman–Crippen LogP) is 5.45. The second-order valence-electron chi connectivity index (χ2n) is 11.6. The molecule has 1 aromatic carbocycles. The van der Waals surface area contributed by atoms with Crippen LogP contribution in [0.4, 0.5) is 17.2 Å². The van der Waals surface area contributed by atoms with E-state index >= 15 is 0 Å². The average Bonchev–Trinajstić information content (AvgIpc) is 3.19. The van der Waals surface area contributed by atoms with Gasteiger partial charge in [0.1, 0.15) is 5.56 Å². The van der Waals surface area contributed by atoms with Gasteiger partial charge in [0.15, 0.2) is 17.2 Å². The molecule has 0 radical (unpaired) electrons. The van der Waals surface area contributed by atoms with Crippen LogP contribution >= 0.6 is 0 Å². The number of nitro groups is 1. The van der Waals surface area contributed by atoms with E-state index < -0.39 is 22.3 Å². The number of carbonyl (C=O) groups excluding carboxylic acids is 1. The van der Waals surface area contributed by atoms with Crippen molar-refractivity contribution in [2.24, 2.45) is 5.41 Å². The van der Waals surface area contributed by atoms with Crippen molar-refractivity contribution in [2.75, 3.05) is 10.6 Å². The van der Waals surface area contributed by atoms with Gasteiger partial charge in [-0.25, -0.2) is 9.50 Å². The molecule has 0 saturated heterocycles. The van der Waals surface area contributed by atoms with Crippen LogP contribution in [0.1, 0.15) is 77.9 Å². The standard InChI is InChI=1S/C24H34N6O4/c1-22(2,3)13-24(7,8)28-20-18(23(4,5)6)27-19-15(12-25-29(19)20)21(32)26-14-9-10-16(30(33)34)17(31)11-14/h9-12,25,28,31H,13H2,1-8H3,(H,26,32). The first-order chi connectivity index (χ1) is 15.5. The highest BCUT2D eigenvalue weighted by molar-refractivity contribution is 6.08. The van der Waals surface area contributed by atoms with Gasteiger partial charge in [-0.3, -0.25) is 20.0 Å². The average molecular weight is 471 g/mol. The normalized spacial score (nSPS) is 12.7. The Hall–Kier alpha value is -3.56. The number of rotatable bonds is 6. The van der Waals surface area contributed by atoms with Crippen LogP contribution in [0.3, 0.4) is 0 Å². The van der Waals surface area contributed by atoms with Crippen molar-refractivity contribution in [3.05, 3.63) is 45.8 Å². The second kappa shape index (κ2) is 8.34. The molecule has 3 rings (SSSR count). The summed E-state index contributed by atoms with van der Waals surface area (Å²) in [5.41, 5.74) is 0.983. The first-order valence-electron chi connectivity index (χ1n) is 11.2. The van der Waals surface area contributed by atoms with Crippen LogP contribution in [0.5, 0.6) is 5.75 Å². The van der Waals surface area contributed by atoms with Gasteiger partial charge in [0, 0.05) is 35.0 Å². The summed E-state index contributed by atoms with van der Waals surface area (Å²) in [5, 5.41) is 30.2. The zero-order valence-electron chi connectivity index (χ0n) is 21.0. The maximum atomic E-state index is 13.0. The van der Waals surface area contributed by atoms with Gasteiger partial charge in [-0.2, -0.15) is 0 Å². The van der Waals surface area contributed by atoms with Gasteiger partial charge in [0.25, 0.3) is 5.91 Å². The van der Waals surface area contributed by atoms with Gasteiger partial charge in [-0.05, 0) is 31.7 Å². The van der Waals surface area contributed by atoms with Crippen molar-refractivity contribution < 1.29 is 14.8 Å². The lowest BCUT2D eigenvalue weighted by molar-refractivity contribution is -0.385. The molecule has 0 unspecified atom stereocenters. The number of anilines is 2. The molecule has 0 saturated carbocycles. The molecule has 0 atom stereocenters. The third kappa shape index (κ3) is 5.32. The molecule has 4 N–H and O–H groups in total. The van der Waals surface area contributed by atoms with Crippen molar-refractivity contribution in [1.82, 2.24) is 14.6 Å². The number of aromatic amines is 1. The number of aromatic nitrogens is 3. The van der Waals surface area contributed by atoms with E-state index in [1.54, 1.807) is 10.7 Å². The number of benzene rings is 1. The van der Waals surface area contributed by atoms with Crippen LogP contribution in [0.25, 0.3) is 5.65 Å². The number of imidazole rings is 1. The van der Waals surface area contributed by atoms with Crippen molar-refractivity contribution in [2.45, 2.75) is 72.8 Å². The lowest BCUT2D eigenvalue weighted by Gasteiger charge is -2.34. The Morgan fingerprint density at radius 3 is 2.35 bits per heavy atom. The number of phenolic OH excluding ortho intramolecular Hbond substituents is 1. The highest BCUT2D eigenvalue weighted by Crippen LogP contribution is 2.36. The fourth-order valence-corrected chi connectivity index (χ4v) is 4.37. The molecule has 0 bridgehead atoms. The number of amides is 1. The van der Waals surface area contributed by atoms with E-state index in [0.29, 0.717) is 11.2 Å². The summed E-state index contributed by atoms with van der Waals surface area (Å²) >= 11 is 0. The molecule has 10 nitrogen and oxygen atoms in total. The van der Waals surface area contributed by atoms with Crippen LogP contribution in [0.2, 0.25) is 0 Å². The number of nitrogens with zero attached hydrogens (tertiary/aromatic N) is 3. The summed E-state index contributed by atoms with van der Waals surface area (Å²) < 4.78 is 1.77.